The van der Waals surface area contributed by atoms with Gasteiger partial charge in [0.25, 0.3) is 11.8 Å². The third kappa shape index (κ3) is 5.72. The maximum absolute atomic E-state index is 14.1. The molecule has 0 spiro atoms. The number of amides is 2. The lowest BCUT2D eigenvalue weighted by molar-refractivity contribution is 0.0965. The van der Waals surface area contributed by atoms with E-state index in [1.807, 2.05) is 102 Å². The predicted molar refractivity (Wildman–Crippen MR) is 164 cm³/mol. The summed E-state index contributed by atoms with van der Waals surface area (Å²) in [5, 5.41) is 0. The van der Waals surface area contributed by atoms with Gasteiger partial charge in [-0.15, -0.1) is 0 Å². The number of anilines is 2. The van der Waals surface area contributed by atoms with Crippen molar-refractivity contribution in [3.05, 3.63) is 131 Å². The average molecular weight is 531 g/mol. The molecule has 1 heterocycles. The van der Waals surface area contributed by atoms with Crippen LogP contribution in [0.4, 0.5) is 11.4 Å². The molecule has 1 aliphatic heterocycles. The van der Waals surface area contributed by atoms with Crippen molar-refractivity contribution >= 4 is 23.2 Å². The number of carbonyl (C=O) groups is 2. The van der Waals surface area contributed by atoms with E-state index >= 15 is 0 Å². The highest BCUT2D eigenvalue weighted by Crippen LogP contribution is 2.43. The topological polar surface area (TPSA) is 40.6 Å². The van der Waals surface area contributed by atoms with Crippen LogP contribution >= 0.6 is 0 Å². The number of para-hydroxylation sites is 2. The van der Waals surface area contributed by atoms with Crippen LogP contribution in [0.25, 0.3) is 0 Å². The number of benzene rings is 4. The van der Waals surface area contributed by atoms with E-state index in [0.29, 0.717) is 17.5 Å². The first-order chi connectivity index (χ1) is 19.5. The predicted octanol–water partition coefficient (Wildman–Crippen LogP) is 8.55. The summed E-state index contributed by atoms with van der Waals surface area (Å²) in [7, 11) is 0. The lowest BCUT2D eigenvalue weighted by Gasteiger charge is -2.43. The monoisotopic (exact) mass is 530 g/mol. The molecule has 0 radical (unpaired) electrons. The van der Waals surface area contributed by atoms with Crippen LogP contribution in [0, 0.1) is 6.92 Å². The number of fused-ring (bicyclic) bond motifs is 1. The Morgan fingerprint density at radius 3 is 2.15 bits per heavy atom. The van der Waals surface area contributed by atoms with Gasteiger partial charge in [0, 0.05) is 28.5 Å². The number of rotatable bonds is 8. The van der Waals surface area contributed by atoms with Crippen molar-refractivity contribution in [2.45, 2.75) is 65.0 Å². The molecule has 2 amide bonds. The molecule has 2 atom stereocenters. The Morgan fingerprint density at radius 2 is 1.45 bits per heavy atom. The SMILES string of the molecule is CCCCCc1ccc(C(=O)N2c3ccccc3[C@@H](N(C(=O)c3ccc(C)cc3)c3ccccc3)C[C@@H]2C)cc1. The summed E-state index contributed by atoms with van der Waals surface area (Å²) in [6.45, 7) is 6.31. The third-order valence-electron chi connectivity index (χ3n) is 7.91. The van der Waals surface area contributed by atoms with E-state index in [1.54, 1.807) is 0 Å². The Balaban J connectivity index is 1.50. The first-order valence-corrected chi connectivity index (χ1v) is 14.4. The number of unbranched alkanes of at least 4 members (excludes halogenated alkanes) is 2. The van der Waals surface area contributed by atoms with Crippen molar-refractivity contribution in [1.29, 1.82) is 0 Å². The Kier molecular flexibility index (Phi) is 8.45. The minimum absolute atomic E-state index is 0.00497. The summed E-state index contributed by atoms with van der Waals surface area (Å²) >= 11 is 0. The van der Waals surface area contributed by atoms with Crippen LogP contribution in [-0.2, 0) is 6.42 Å². The highest BCUT2D eigenvalue weighted by Gasteiger charge is 2.39. The second kappa shape index (κ2) is 12.3. The molecule has 0 aromatic heterocycles. The van der Waals surface area contributed by atoms with Gasteiger partial charge in [-0.25, -0.2) is 0 Å². The van der Waals surface area contributed by atoms with Gasteiger partial charge in [0.1, 0.15) is 0 Å². The fourth-order valence-electron chi connectivity index (χ4n) is 5.73. The second-order valence-corrected chi connectivity index (χ2v) is 10.9. The van der Waals surface area contributed by atoms with Crippen molar-refractivity contribution in [3.63, 3.8) is 0 Å². The third-order valence-corrected chi connectivity index (χ3v) is 7.91. The molecule has 0 N–H and O–H groups in total. The van der Waals surface area contributed by atoms with Crippen molar-refractivity contribution < 1.29 is 9.59 Å². The van der Waals surface area contributed by atoms with Crippen LogP contribution in [0.5, 0.6) is 0 Å². The summed E-state index contributed by atoms with van der Waals surface area (Å²) in [5.41, 5.74) is 6.41. The number of carbonyl (C=O) groups excluding carboxylic acids is 2. The van der Waals surface area contributed by atoms with E-state index < -0.39 is 0 Å². The number of hydrogen-bond donors (Lipinski definition) is 0. The summed E-state index contributed by atoms with van der Waals surface area (Å²) in [4.78, 5) is 31.8. The van der Waals surface area contributed by atoms with Crippen LogP contribution in [0.1, 0.15) is 83.0 Å². The molecule has 4 aromatic carbocycles. The summed E-state index contributed by atoms with van der Waals surface area (Å²) < 4.78 is 0. The molecule has 0 fully saturated rings. The zero-order valence-electron chi connectivity index (χ0n) is 23.7. The highest BCUT2D eigenvalue weighted by atomic mass is 16.2. The molecule has 0 bridgehead atoms. The van der Waals surface area contributed by atoms with E-state index in [9.17, 15) is 9.59 Å². The van der Waals surface area contributed by atoms with Gasteiger partial charge in [-0.1, -0.05) is 86.0 Å². The van der Waals surface area contributed by atoms with E-state index in [0.717, 1.165) is 28.9 Å². The average Bonchev–Trinajstić information content (AvgIpc) is 2.98. The number of hydrogen-bond acceptors (Lipinski definition) is 2. The van der Waals surface area contributed by atoms with E-state index in [4.69, 9.17) is 0 Å². The van der Waals surface area contributed by atoms with Gasteiger partial charge in [0.2, 0.25) is 0 Å². The van der Waals surface area contributed by atoms with E-state index in [1.165, 1.54) is 24.8 Å². The quantitative estimate of drug-likeness (QED) is 0.214. The van der Waals surface area contributed by atoms with Gasteiger partial charge in [-0.3, -0.25) is 9.59 Å². The Morgan fingerprint density at radius 1 is 0.800 bits per heavy atom. The van der Waals surface area contributed by atoms with Gasteiger partial charge < -0.3 is 9.80 Å². The van der Waals surface area contributed by atoms with Gasteiger partial charge in [-0.05, 0) is 86.7 Å². The van der Waals surface area contributed by atoms with Gasteiger partial charge in [0.05, 0.1) is 6.04 Å². The van der Waals surface area contributed by atoms with Gasteiger partial charge >= 0.3 is 0 Å². The van der Waals surface area contributed by atoms with Gasteiger partial charge in [0.15, 0.2) is 0 Å². The summed E-state index contributed by atoms with van der Waals surface area (Å²) in [6, 6.07) is 33.4. The lowest BCUT2D eigenvalue weighted by Crippen LogP contribution is -2.47. The Labute approximate surface area is 238 Å². The molecule has 4 aromatic rings. The molecule has 4 heteroatoms. The smallest absolute Gasteiger partial charge is 0.258 e. The minimum atomic E-state index is -0.215. The Bertz CT molecular complexity index is 1440. The zero-order chi connectivity index (χ0) is 28.1. The maximum Gasteiger partial charge on any atom is 0.258 e. The summed E-state index contributed by atoms with van der Waals surface area (Å²) in [5.74, 6) is -0.0497. The van der Waals surface area contributed by atoms with Crippen LogP contribution in [0.2, 0.25) is 0 Å². The first-order valence-electron chi connectivity index (χ1n) is 14.4. The second-order valence-electron chi connectivity index (χ2n) is 10.9. The van der Waals surface area contributed by atoms with Crippen LogP contribution < -0.4 is 9.80 Å². The molecule has 0 saturated heterocycles. The standard InChI is InChI=1S/C36H38N2O2/c1-4-5-7-12-28-19-23-30(24-20-28)35(39)37-27(3)25-34(32-15-10-11-16-33(32)37)38(31-13-8-6-9-14-31)36(40)29-21-17-26(2)18-22-29/h6,8-11,13-24,27,34H,4-5,7,12,25H2,1-3H3/t27-,34-/m0/s1. The fraction of sp³-hybridized carbons (Fsp3) is 0.278. The Hall–Kier alpha value is -4.18. The molecule has 0 aliphatic carbocycles. The zero-order valence-corrected chi connectivity index (χ0v) is 23.7. The van der Waals surface area contributed by atoms with E-state index in [-0.39, 0.29) is 23.9 Å². The molecular formula is C36H38N2O2. The first kappa shape index (κ1) is 27.4. The molecule has 5 rings (SSSR count). The normalized spacial score (nSPS) is 16.3. The molecule has 1 aliphatic rings. The minimum Gasteiger partial charge on any atom is -0.305 e. The molecule has 0 saturated carbocycles. The van der Waals surface area contributed by atoms with Crippen LogP contribution in [0.3, 0.4) is 0 Å². The van der Waals surface area contributed by atoms with E-state index in [2.05, 4.69) is 32.0 Å². The van der Waals surface area contributed by atoms with Crippen molar-refractivity contribution in [2.75, 3.05) is 9.80 Å². The van der Waals surface area contributed by atoms with Crippen LogP contribution in [-0.4, -0.2) is 17.9 Å². The number of aryl methyl sites for hydroxylation is 2. The molecule has 40 heavy (non-hydrogen) atoms. The molecular weight excluding hydrogens is 492 g/mol. The number of nitrogens with zero attached hydrogens (tertiary/aromatic N) is 2. The van der Waals surface area contributed by atoms with Crippen molar-refractivity contribution in [1.82, 2.24) is 0 Å². The highest BCUT2D eigenvalue weighted by molar-refractivity contribution is 6.09. The summed E-state index contributed by atoms with van der Waals surface area (Å²) in [6.07, 6.45) is 5.25. The van der Waals surface area contributed by atoms with Crippen molar-refractivity contribution in [3.8, 4) is 0 Å². The van der Waals surface area contributed by atoms with Gasteiger partial charge in [-0.2, -0.15) is 0 Å². The molecule has 4 nitrogen and oxygen atoms in total. The maximum atomic E-state index is 14.1. The largest absolute Gasteiger partial charge is 0.305 e. The van der Waals surface area contributed by atoms with Crippen LogP contribution in [0.15, 0.2) is 103 Å². The molecule has 204 valence electrons. The van der Waals surface area contributed by atoms with Crippen molar-refractivity contribution in [2.24, 2.45) is 0 Å². The lowest BCUT2D eigenvalue weighted by atomic mass is 9.89. The fourth-order valence-corrected chi connectivity index (χ4v) is 5.73. The molecule has 0 unspecified atom stereocenters.